The number of fused-ring (bicyclic) bond motifs is 1. The number of Topliss-reactive ketones (excluding diaryl/α,β-unsaturated/α-hetero) is 1. The number of para-hydroxylation sites is 1. The van der Waals surface area contributed by atoms with Crippen LogP contribution < -0.4 is 4.74 Å². The summed E-state index contributed by atoms with van der Waals surface area (Å²) in [6, 6.07) is 19.3. The van der Waals surface area contributed by atoms with Crippen molar-refractivity contribution in [3.63, 3.8) is 0 Å². The molecule has 3 aromatic carbocycles. The van der Waals surface area contributed by atoms with Gasteiger partial charge in [0.05, 0.1) is 18.2 Å². The van der Waals surface area contributed by atoms with Crippen molar-refractivity contribution < 1.29 is 23.8 Å². The van der Waals surface area contributed by atoms with Crippen LogP contribution in [-0.2, 0) is 16.0 Å². The van der Waals surface area contributed by atoms with Gasteiger partial charge in [0.1, 0.15) is 17.3 Å². The lowest BCUT2D eigenvalue weighted by atomic mass is 9.94. The number of ketones is 1. The highest BCUT2D eigenvalue weighted by molar-refractivity contribution is 6.46. The molecule has 36 heavy (non-hydrogen) atoms. The number of amides is 1. The molecule has 0 aliphatic carbocycles. The number of hydrogen-bond donors (Lipinski definition) is 2. The van der Waals surface area contributed by atoms with Crippen molar-refractivity contribution in [2.75, 3.05) is 13.2 Å². The predicted molar refractivity (Wildman–Crippen MR) is 135 cm³/mol. The van der Waals surface area contributed by atoms with Crippen molar-refractivity contribution in [2.45, 2.75) is 19.4 Å². The number of rotatable bonds is 7. The second kappa shape index (κ2) is 9.70. The molecule has 1 atom stereocenters. The molecule has 4 aromatic rings. The van der Waals surface area contributed by atoms with Gasteiger partial charge in [0, 0.05) is 34.8 Å². The SMILES string of the molecule is CCOc1ccc(C(O)=C2C(=O)C(=O)N(CCc3c[nH]c4ccccc34)[C@H]2c2ccccc2F)cc1. The normalized spacial score (nSPS) is 17.2. The molecule has 1 aliphatic heterocycles. The van der Waals surface area contributed by atoms with Crippen LogP contribution in [0.25, 0.3) is 16.7 Å². The molecule has 0 bridgehead atoms. The lowest BCUT2D eigenvalue weighted by Crippen LogP contribution is -2.32. The second-order valence-electron chi connectivity index (χ2n) is 8.58. The lowest BCUT2D eigenvalue weighted by molar-refractivity contribution is -0.139. The van der Waals surface area contributed by atoms with Gasteiger partial charge in [-0.05, 0) is 55.3 Å². The van der Waals surface area contributed by atoms with Crippen molar-refractivity contribution in [3.8, 4) is 5.75 Å². The number of benzene rings is 3. The maximum absolute atomic E-state index is 15.0. The fraction of sp³-hybridized carbons (Fsp3) is 0.172. The van der Waals surface area contributed by atoms with Gasteiger partial charge < -0.3 is 19.7 Å². The smallest absolute Gasteiger partial charge is 0.295 e. The molecule has 1 saturated heterocycles. The zero-order chi connectivity index (χ0) is 25.2. The highest BCUT2D eigenvalue weighted by Gasteiger charge is 2.46. The first kappa shape index (κ1) is 23.4. The largest absolute Gasteiger partial charge is 0.507 e. The molecule has 0 radical (unpaired) electrons. The fourth-order valence-corrected chi connectivity index (χ4v) is 4.74. The van der Waals surface area contributed by atoms with Crippen LogP contribution in [-0.4, -0.2) is 39.8 Å². The monoisotopic (exact) mass is 484 g/mol. The Hall–Kier alpha value is -4.39. The third-order valence-corrected chi connectivity index (χ3v) is 6.48. The second-order valence-corrected chi connectivity index (χ2v) is 8.58. The Morgan fingerprint density at radius 2 is 1.75 bits per heavy atom. The van der Waals surface area contributed by atoms with Gasteiger partial charge in [-0.3, -0.25) is 9.59 Å². The highest BCUT2D eigenvalue weighted by Crippen LogP contribution is 2.40. The van der Waals surface area contributed by atoms with Crippen molar-refractivity contribution in [1.82, 2.24) is 9.88 Å². The Labute approximate surface area is 207 Å². The van der Waals surface area contributed by atoms with Crippen LogP contribution >= 0.6 is 0 Å². The molecule has 1 aromatic heterocycles. The number of carbonyl (C=O) groups excluding carboxylic acids is 2. The van der Waals surface area contributed by atoms with E-state index in [1.807, 2.05) is 37.4 Å². The maximum Gasteiger partial charge on any atom is 0.295 e. The van der Waals surface area contributed by atoms with Crippen LogP contribution in [0.4, 0.5) is 4.39 Å². The van der Waals surface area contributed by atoms with E-state index in [9.17, 15) is 19.1 Å². The number of aromatic nitrogens is 1. The van der Waals surface area contributed by atoms with Crippen molar-refractivity contribution in [1.29, 1.82) is 0 Å². The molecule has 1 amide bonds. The summed E-state index contributed by atoms with van der Waals surface area (Å²) < 4.78 is 20.4. The van der Waals surface area contributed by atoms with Crippen molar-refractivity contribution >= 4 is 28.4 Å². The summed E-state index contributed by atoms with van der Waals surface area (Å²) in [6.45, 7) is 2.52. The van der Waals surface area contributed by atoms with E-state index in [2.05, 4.69) is 4.98 Å². The van der Waals surface area contributed by atoms with E-state index < -0.39 is 23.5 Å². The Morgan fingerprint density at radius 3 is 2.50 bits per heavy atom. The Morgan fingerprint density at radius 1 is 1.03 bits per heavy atom. The summed E-state index contributed by atoms with van der Waals surface area (Å²) in [5, 5.41) is 12.2. The first-order valence-electron chi connectivity index (χ1n) is 11.8. The van der Waals surface area contributed by atoms with Gasteiger partial charge in [0.25, 0.3) is 11.7 Å². The molecule has 1 fully saturated rings. The van der Waals surface area contributed by atoms with E-state index >= 15 is 0 Å². The lowest BCUT2D eigenvalue weighted by Gasteiger charge is -2.25. The Kier molecular flexibility index (Phi) is 6.29. The number of carbonyl (C=O) groups is 2. The van der Waals surface area contributed by atoms with Crippen molar-refractivity contribution in [3.05, 3.63) is 107 Å². The number of ether oxygens (including phenoxy) is 1. The third kappa shape index (κ3) is 4.13. The summed E-state index contributed by atoms with van der Waals surface area (Å²) in [5.41, 5.74) is 2.31. The molecule has 2 N–H and O–H groups in total. The summed E-state index contributed by atoms with van der Waals surface area (Å²) in [6.07, 6.45) is 2.32. The number of nitrogens with zero attached hydrogens (tertiary/aromatic N) is 1. The molecular weight excluding hydrogens is 459 g/mol. The Balaban J connectivity index is 1.55. The van der Waals surface area contributed by atoms with Gasteiger partial charge in [-0.1, -0.05) is 36.4 Å². The zero-order valence-electron chi connectivity index (χ0n) is 19.7. The molecule has 0 saturated carbocycles. The molecule has 1 aliphatic rings. The average molecular weight is 485 g/mol. The van der Waals surface area contributed by atoms with Crippen LogP contribution in [0.15, 0.2) is 84.6 Å². The molecular formula is C29H25FN2O4. The number of aliphatic hydroxyl groups excluding tert-OH is 1. The Bertz CT molecular complexity index is 1470. The predicted octanol–water partition coefficient (Wildman–Crippen LogP) is 5.37. The molecule has 0 spiro atoms. The fourth-order valence-electron chi connectivity index (χ4n) is 4.74. The minimum Gasteiger partial charge on any atom is -0.507 e. The molecule has 6 nitrogen and oxygen atoms in total. The number of aliphatic hydroxyl groups is 1. The minimum atomic E-state index is -1.05. The molecule has 5 rings (SSSR count). The number of nitrogens with one attached hydrogen (secondary N) is 1. The first-order valence-corrected chi connectivity index (χ1v) is 11.8. The standard InChI is InChI=1S/C29H25FN2O4/c1-2-36-20-13-11-18(12-14-20)27(33)25-26(22-8-3-5-9-23(22)30)32(29(35)28(25)34)16-15-19-17-31-24-10-6-4-7-21(19)24/h3-14,17,26,31,33H,2,15-16H2,1H3/t26-/m0/s1. The average Bonchev–Trinajstić information content (AvgIpc) is 3.42. The highest BCUT2D eigenvalue weighted by atomic mass is 19.1. The number of likely N-dealkylation sites (tertiary alicyclic amines) is 1. The summed E-state index contributed by atoms with van der Waals surface area (Å²) >= 11 is 0. The topological polar surface area (TPSA) is 82.6 Å². The number of hydrogen-bond acceptors (Lipinski definition) is 4. The summed E-state index contributed by atoms with van der Waals surface area (Å²) in [7, 11) is 0. The molecule has 2 heterocycles. The van der Waals surface area contributed by atoms with Crippen molar-refractivity contribution in [2.24, 2.45) is 0 Å². The first-order chi connectivity index (χ1) is 17.5. The molecule has 0 unspecified atom stereocenters. The van der Waals surface area contributed by atoms with Crippen LogP contribution in [0, 0.1) is 5.82 Å². The van der Waals surface area contributed by atoms with Crippen LogP contribution in [0.5, 0.6) is 5.75 Å². The number of aromatic amines is 1. The van der Waals surface area contributed by atoms with E-state index in [0.29, 0.717) is 24.3 Å². The minimum absolute atomic E-state index is 0.131. The van der Waals surface area contributed by atoms with Crippen LogP contribution in [0.1, 0.15) is 29.7 Å². The van der Waals surface area contributed by atoms with Crippen LogP contribution in [0.3, 0.4) is 0 Å². The van der Waals surface area contributed by atoms with E-state index in [4.69, 9.17) is 4.74 Å². The third-order valence-electron chi connectivity index (χ3n) is 6.48. The van der Waals surface area contributed by atoms with Crippen LogP contribution in [0.2, 0.25) is 0 Å². The zero-order valence-corrected chi connectivity index (χ0v) is 19.7. The van der Waals surface area contributed by atoms with E-state index in [-0.39, 0.29) is 23.4 Å². The van der Waals surface area contributed by atoms with Gasteiger partial charge >= 0.3 is 0 Å². The van der Waals surface area contributed by atoms with E-state index in [0.717, 1.165) is 16.5 Å². The maximum atomic E-state index is 15.0. The van der Waals surface area contributed by atoms with Gasteiger partial charge in [0.2, 0.25) is 0 Å². The van der Waals surface area contributed by atoms with E-state index in [1.165, 1.54) is 17.0 Å². The van der Waals surface area contributed by atoms with Gasteiger partial charge in [-0.25, -0.2) is 4.39 Å². The number of halogens is 1. The van der Waals surface area contributed by atoms with Gasteiger partial charge in [-0.15, -0.1) is 0 Å². The molecule has 182 valence electrons. The quantitative estimate of drug-likeness (QED) is 0.210. The van der Waals surface area contributed by atoms with E-state index in [1.54, 1.807) is 36.4 Å². The number of H-pyrrole nitrogens is 1. The van der Waals surface area contributed by atoms with Gasteiger partial charge in [0.15, 0.2) is 0 Å². The summed E-state index contributed by atoms with van der Waals surface area (Å²) in [5.74, 6) is -1.90. The molecule has 7 heteroatoms. The summed E-state index contributed by atoms with van der Waals surface area (Å²) in [4.78, 5) is 31.0. The van der Waals surface area contributed by atoms with Gasteiger partial charge in [-0.2, -0.15) is 0 Å².